The summed E-state index contributed by atoms with van der Waals surface area (Å²) in [5.41, 5.74) is 1.27. The van der Waals surface area contributed by atoms with Crippen molar-refractivity contribution >= 4 is 15.9 Å². The van der Waals surface area contributed by atoms with Crippen molar-refractivity contribution in [3.05, 3.63) is 60.2 Å². The van der Waals surface area contributed by atoms with Crippen LogP contribution >= 0.6 is 0 Å². The summed E-state index contributed by atoms with van der Waals surface area (Å²) in [6, 6.07) is 6.83. The molecule has 0 saturated carbocycles. The Morgan fingerprint density at radius 3 is 2.52 bits per heavy atom. The molecule has 0 radical (unpaired) electrons. The average molecular weight is 334 g/mol. The Hall–Kier alpha value is -2.32. The van der Waals surface area contributed by atoms with Crippen molar-refractivity contribution in [1.82, 2.24) is 19.6 Å². The minimum atomic E-state index is -3.38. The average Bonchev–Trinajstić information content (AvgIpc) is 2.54. The molecule has 7 nitrogen and oxygen atoms in total. The van der Waals surface area contributed by atoms with Gasteiger partial charge in [0.25, 0.3) is 5.91 Å². The molecule has 0 aromatic carbocycles. The van der Waals surface area contributed by atoms with Gasteiger partial charge in [0, 0.05) is 44.4 Å². The highest BCUT2D eigenvalue weighted by Crippen LogP contribution is 2.07. The van der Waals surface area contributed by atoms with E-state index >= 15 is 0 Å². The molecule has 0 aliphatic heterocycles. The molecule has 0 atom stereocenters. The lowest BCUT2D eigenvalue weighted by atomic mass is 10.2. The van der Waals surface area contributed by atoms with E-state index < -0.39 is 10.0 Å². The monoisotopic (exact) mass is 334 g/mol. The van der Waals surface area contributed by atoms with Gasteiger partial charge in [0.05, 0.1) is 11.8 Å². The molecule has 0 aliphatic carbocycles. The molecule has 8 heteroatoms. The van der Waals surface area contributed by atoms with Gasteiger partial charge in [-0.25, -0.2) is 8.42 Å². The van der Waals surface area contributed by atoms with Crippen LogP contribution in [0.15, 0.2) is 49.1 Å². The van der Waals surface area contributed by atoms with Gasteiger partial charge in [-0.15, -0.1) is 0 Å². The number of carbonyl (C=O) groups excluding carboxylic acids is 1. The Kier molecular flexibility index (Phi) is 5.78. The van der Waals surface area contributed by atoms with E-state index in [-0.39, 0.29) is 25.5 Å². The first-order valence-corrected chi connectivity index (χ1v) is 8.84. The van der Waals surface area contributed by atoms with Crippen molar-refractivity contribution in [2.75, 3.05) is 19.3 Å². The second-order valence-electron chi connectivity index (χ2n) is 4.95. The normalized spacial score (nSPS) is 11.4. The number of carbonyl (C=O) groups is 1. The fourth-order valence-electron chi connectivity index (χ4n) is 1.95. The summed E-state index contributed by atoms with van der Waals surface area (Å²) in [5, 5.41) is 2.69. The van der Waals surface area contributed by atoms with Crippen molar-refractivity contribution in [2.45, 2.75) is 6.54 Å². The van der Waals surface area contributed by atoms with Gasteiger partial charge in [0.2, 0.25) is 10.0 Å². The Bertz CT molecular complexity index is 736. The summed E-state index contributed by atoms with van der Waals surface area (Å²) in [4.78, 5) is 19.7. The van der Waals surface area contributed by atoms with Crippen molar-refractivity contribution in [1.29, 1.82) is 0 Å². The smallest absolute Gasteiger partial charge is 0.252 e. The van der Waals surface area contributed by atoms with Gasteiger partial charge in [-0.3, -0.25) is 14.8 Å². The Balaban J connectivity index is 1.93. The number of rotatable bonds is 7. The first-order valence-electron chi connectivity index (χ1n) is 6.99. The van der Waals surface area contributed by atoms with E-state index in [1.165, 1.54) is 10.5 Å². The predicted molar refractivity (Wildman–Crippen MR) is 86.1 cm³/mol. The van der Waals surface area contributed by atoms with Crippen LogP contribution in [0, 0.1) is 0 Å². The fraction of sp³-hybridized carbons (Fsp3) is 0.267. The van der Waals surface area contributed by atoms with Crippen LogP contribution in [0.4, 0.5) is 0 Å². The van der Waals surface area contributed by atoms with Crippen LogP contribution < -0.4 is 5.32 Å². The third-order valence-electron chi connectivity index (χ3n) is 3.15. The van der Waals surface area contributed by atoms with Gasteiger partial charge in [0.15, 0.2) is 0 Å². The lowest BCUT2D eigenvalue weighted by Gasteiger charge is -2.20. The minimum absolute atomic E-state index is 0.188. The zero-order chi connectivity index (χ0) is 16.7. The topological polar surface area (TPSA) is 92.3 Å². The largest absolute Gasteiger partial charge is 0.351 e. The third kappa shape index (κ3) is 5.42. The summed E-state index contributed by atoms with van der Waals surface area (Å²) in [5.74, 6) is -0.282. The first kappa shape index (κ1) is 17.0. The number of hydrogen-bond acceptors (Lipinski definition) is 5. The van der Waals surface area contributed by atoms with E-state index in [0.717, 1.165) is 11.8 Å². The predicted octanol–water partition coefficient (Wildman–Crippen LogP) is 0.668. The van der Waals surface area contributed by atoms with E-state index in [1.807, 2.05) is 0 Å². The molecule has 0 unspecified atom stereocenters. The molecule has 0 saturated heterocycles. The molecule has 2 heterocycles. The molecule has 1 amide bonds. The van der Waals surface area contributed by atoms with E-state index in [1.54, 1.807) is 42.9 Å². The lowest BCUT2D eigenvalue weighted by molar-refractivity contribution is 0.0951. The van der Waals surface area contributed by atoms with E-state index in [4.69, 9.17) is 0 Å². The van der Waals surface area contributed by atoms with Crippen molar-refractivity contribution in [3.63, 3.8) is 0 Å². The molecule has 2 aromatic rings. The van der Waals surface area contributed by atoms with Crippen molar-refractivity contribution < 1.29 is 13.2 Å². The van der Waals surface area contributed by atoms with Crippen LogP contribution in [0.1, 0.15) is 15.9 Å². The SMILES string of the molecule is CS(=O)(=O)N(CCNC(=O)c1cccnc1)Cc1ccncc1. The molecule has 0 spiro atoms. The maximum absolute atomic E-state index is 11.9. The number of sulfonamides is 1. The van der Waals surface area contributed by atoms with E-state index in [9.17, 15) is 13.2 Å². The van der Waals surface area contributed by atoms with Gasteiger partial charge in [-0.05, 0) is 29.8 Å². The summed E-state index contributed by atoms with van der Waals surface area (Å²) in [6.45, 7) is 0.642. The standard InChI is InChI=1S/C15H18N4O3S/c1-23(21,22)19(12-13-4-7-16-8-5-13)10-9-18-15(20)14-3-2-6-17-11-14/h2-8,11H,9-10,12H2,1H3,(H,18,20). The highest BCUT2D eigenvalue weighted by atomic mass is 32.2. The van der Waals surface area contributed by atoms with Gasteiger partial charge >= 0.3 is 0 Å². The van der Waals surface area contributed by atoms with E-state index in [0.29, 0.717) is 5.56 Å². The maximum Gasteiger partial charge on any atom is 0.252 e. The van der Waals surface area contributed by atoms with E-state index in [2.05, 4.69) is 15.3 Å². The molecule has 0 aliphatic rings. The van der Waals surface area contributed by atoms with Crippen LogP contribution in [0.25, 0.3) is 0 Å². The number of nitrogens with zero attached hydrogens (tertiary/aromatic N) is 3. The van der Waals surface area contributed by atoms with Gasteiger partial charge in [-0.1, -0.05) is 0 Å². The number of hydrogen-bond donors (Lipinski definition) is 1. The van der Waals surface area contributed by atoms with Crippen LogP contribution in [-0.2, 0) is 16.6 Å². The number of amides is 1. The maximum atomic E-state index is 11.9. The van der Waals surface area contributed by atoms with Gasteiger partial charge in [0.1, 0.15) is 0 Å². The summed E-state index contributed by atoms with van der Waals surface area (Å²) < 4.78 is 25.0. The zero-order valence-electron chi connectivity index (χ0n) is 12.7. The molecule has 1 N–H and O–H groups in total. The highest BCUT2D eigenvalue weighted by molar-refractivity contribution is 7.88. The quantitative estimate of drug-likeness (QED) is 0.803. The summed E-state index contributed by atoms with van der Waals surface area (Å²) in [7, 11) is -3.38. The molecule has 0 bridgehead atoms. The molecular formula is C15H18N4O3S. The number of aromatic nitrogens is 2. The number of pyridine rings is 2. The van der Waals surface area contributed by atoms with Crippen LogP contribution in [0.3, 0.4) is 0 Å². The molecule has 122 valence electrons. The van der Waals surface area contributed by atoms with Crippen molar-refractivity contribution in [3.8, 4) is 0 Å². The summed E-state index contributed by atoms with van der Waals surface area (Å²) >= 11 is 0. The Labute approximate surface area is 135 Å². The molecular weight excluding hydrogens is 316 g/mol. The van der Waals surface area contributed by atoms with Gasteiger partial charge < -0.3 is 5.32 Å². The number of nitrogens with one attached hydrogen (secondary N) is 1. The molecule has 2 aromatic heterocycles. The molecule has 23 heavy (non-hydrogen) atoms. The molecule has 2 rings (SSSR count). The van der Waals surface area contributed by atoms with Gasteiger partial charge in [-0.2, -0.15) is 4.31 Å². The Morgan fingerprint density at radius 2 is 1.91 bits per heavy atom. The second kappa shape index (κ2) is 7.80. The van der Waals surface area contributed by atoms with Crippen molar-refractivity contribution in [2.24, 2.45) is 0 Å². The Morgan fingerprint density at radius 1 is 1.17 bits per heavy atom. The van der Waals surface area contributed by atoms with Crippen LogP contribution in [0.5, 0.6) is 0 Å². The zero-order valence-corrected chi connectivity index (χ0v) is 13.5. The molecule has 0 fully saturated rings. The summed E-state index contributed by atoms with van der Waals surface area (Å²) in [6.07, 6.45) is 7.41. The first-order chi connectivity index (χ1) is 11.0. The van der Waals surface area contributed by atoms with Crippen LogP contribution in [0.2, 0.25) is 0 Å². The third-order valence-corrected chi connectivity index (χ3v) is 4.40. The van der Waals surface area contributed by atoms with Crippen LogP contribution in [-0.4, -0.2) is 47.9 Å². The minimum Gasteiger partial charge on any atom is -0.351 e. The fourth-order valence-corrected chi connectivity index (χ4v) is 2.75. The lowest BCUT2D eigenvalue weighted by Crippen LogP contribution is -2.37. The second-order valence-corrected chi connectivity index (χ2v) is 6.93. The highest BCUT2D eigenvalue weighted by Gasteiger charge is 2.17.